The average Bonchev–Trinajstić information content (AvgIpc) is 2.27. The highest BCUT2D eigenvalue weighted by molar-refractivity contribution is 5.85. The first kappa shape index (κ1) is 12.1. The van der Waals surface area contributed by atoms with Crippen molar-refractivity contribution in [3.05, 3.63) is 0 Å². The van der Waals surface area contributed by atoms with E-state index in [9.17, 15) is 9.59 Å². The van der Waals surface area contributed by atoms with Crippen molar-refractivity contribution in [2.45, 2.75) is 32.4 Å². The Balaban J connectivity index is 2.71. The van der Waals surface area contributed by atoms with Crippen LogP contribution in [-0.4, -0.2) is 48.4 Å². The number of Topliss-reactive ketones (excluding diaryl/α,β-unsaturated/α-hetero) is 1. The first-order valence-electron chi connectivity index (χ1n) is 5.23. The lowest BCUT2D eigenvalue weighted by molar-refractivity contribution is -0.136. The number of ether oxygens (including phenoxy) is 1. The summed E-state index contributed by atoms with van der Waals surface area (Å²) in [5, 5.41) is 0. The van der Waals surface area contributed by atoms with Crippen molar-refractivity contribution in [1.82, 2.24) is 4.90 Å². The minimum atomic E-state index is -0.468. The van der Waals surface area contributed by atoms with Gasteiger partial charge in [-0.15, -0.1) is 0 Å². The Morgan fingerprint density at radius 2 is 2.27 bits per heavy atom. The number of ketones is 1. The third kappa shape index (κ3) is 2.76. The van der Waals surface area contributed by atoms with Crippen molar-refractivity contribution < 1.29 is 14.3 Å². The molecule has 2 atom stereocenters. The van der Waals surface area contributed by atoms with Crippen molar-refractivity contribution in [3.63, 3.8) is 0 Å². The molecule has 0 aromatic heterocycles. The number of primary amides is 1. The van der Waals surface area contributed by atoms with E-state index in [0.29, 0.717) is 19.6 Å². The molecule has 0 radical (unpaired) electrons. The van der Waals surface area contributed by atoms with E-state index in [0.717, 1.165) is 0 Å². The topological polar surface area (TPSA) is 72.6 Å². The Kier molecular flexibility index (Phi) is 4.23. The van der Waals surface area contributed by atoms with Gasteiger partial charge in [-0.1, -0.05) is 6.92 Å². The van der Waals surface area contributed by atoms with Gasteiger partial charge in [-0.3, -0.25) is 14.5 Å². The second kappa shape index (κ2) is 5.23. The largest absolute Gasteiger partial charge is 0.378 e. The molecule has 1 aliphatic rings. The Labute approximate surface area is 89.6 Å². The van der Waals surface area contributed by atoms with Crippen molar-refractivity contribution in [1.29, 1.82) is 0 Å². The van der Waals surface area contributed by atoms with Gasteiger partial charge in [0.25, 0.3) is 0 Å². The molecule has 5 heteroatoms. The Bertz CT molecular complexity index is 255. The number of morpholine rings is 1. The van der Waals surface area contributed by atoms with Crippen molar-refractivity contribution in [2.24, 2.45) is 5.73 Å². The first-order chi connectivity index (χ1) is 7.07. The highest BCUT2D eigenvalue weighted by Gasteiger charge is 2.33. The number of carbonyl (C=O) groups excluding carboxylic acids is 2. The van der Waals surface area contributed by atoms with E-state index in [-0.39, 0.29) is 18.4 Å². The molecule has 0 aromatic rings. The van der Waals surface area contributed by atoms with Crippen LogP contribution in [-0.2, 0) is 14.3 Å². The van der Waals surface area contributed by atoms with E-state index in [1.807, 2.05) is 18.7 Å². The van der Waals surface area contributed by atoms with Gasteiger partial charge in [0.15, 0.2) is 0 Å². The summed E-state index contributed by atoms with van der Waals surface area (Å²) in [4.78, 5) is 24.5. The van der Waals surface area contributed by atoms with Gasteiger partial charge in [-0.2, -0.15) is 0 Å². The summed E-state index contributed by atoms with van der Waals surface area (Å²) < 4.78 is 5.18. The molecule has 0 aromatic carbocycles. The van der Waals surface area contributed by atoms with Crippen LogP contribution in [0.15, 0.2) is 0 Å². The molecular formula is C10H18N2O3. The molecule has 2 N–H and O–H groups in total. The smallest absolute Gasteiger partial charge is 0.237 e. The van der Waals surface area contributed by atoms with E-state index in [4.69, 9.17) is 10.5 Å². The summed E-state index contributed by atoms with van der Waals surface area (Å²) in [5.74, 6) is -0.298. The van der Waals surface area contributed by atoms with Gasteiger partial charge < -0.3 is 10.5 Å². The number of rotatable bonds is 4. The quantitative estimate of drug-likeness (QED) is 0.687. The van der Waals surface area contributed by atoms with Gasteiger partial charge in [0.1, 0.15) is 11.8 Å². The molecule has 1 saturated heterocycles. The molecule has 1 rings (SSSR count). The second-order valence-electron chi connectivity index (χ2n) is 3.73. The van der Waals surface area contributed by atoms with Gasteiger partial charge in [-0.25, -0.2) is 0 Å². The van der Waals surface area contributed by atoms with Crippen LogP contribution in [0.3, 0.4) is 0 Å². The SMILES string of the molecule is CCC(=O)C(C)N1CCOCC1C(N)=O. The molecule has 86 valence electrons. The number of nitrogens with two attached hydrogens (primary N) is 1. The van der Waals surface area contributed by atoms with Crippen molar-refractivity contribution in [2.75, 3.05) is 19.8 Å². The summed E-state index contributed by atoms with van der Waals surface area (Å²) in [7, 11) is 0. The van der Waals surface area contributed by atoms with Gasteiger partial charge in [0.05, 0.1) is 19.3 Å². The molecule has 5 nitrogen and oxygen atoms in total. The fourth-order valence-electron chi connectivity index (χ4n) is 1.81. The number of nitrogens with zero attached hydrogens (tertiary/aromatic N) is 1. The second-order valence-corrected chi connectivity index (χ2v) is 3.73. The maximum Gasteiger partial charge on any atom is 0.237 e. The molecule has 1 fully saturated rings. The molecule has 0 aliphatic carbocycles. The van der Waals surface area contributed by atoms with E-state index in [1.54, 1.807) is 0 Å². The number of hydrogen-bond donors (Lipinski definition) is 1. The average molecular weight is 214 g/mol. The highest BCUT2D eigenvalue weighted by Crippen LogP contribution is 2.12. The van der Waals surface area contributed by atoms with Crippen LogP contribution in [0.5, 0.6) is 0 Å². The van der Waals surface area contributed by atoms with Gasteiger partial charge in [0, 0.05) is 13.0 Å². The van der Waals surface area contributed by atoms with Crippen LogP contribution in [0, 0.1) is 0 Å². The van der Waals surface area contributed by atoms with Gasteiger partial charge in [-0.05, 0) is 6.92 Å². The molecule has 1 heterocycles. The van der Waals surface area contributed by atoms with E-state index in [1.165, 1.54) is 0 Å². The minimum Gasteiger partial charge on any atom is -0.378 e. The van der Waals surface area contributed by atoms with Gasteiger partial charge in [0.2, 0.25) is 5.91 Å². The number of hydrogen-bond acceptors (Lipinski definition) is 4. The zero-order valence-electron chi connectivity index (χ0n) is 9.23. The normalized spacial score (nSPS) is 24.8. The summed E-state index contributed by atoms with van der Waals surface area (Å²) in [6.07, 6.45) is 0.476. The Morgan fingerprint density at radius 3 is 2.80 bits per heavy atom. The monoisotopic (exact) mass is 214 g/mol. The van der Waals surface area contributed by atoms with E-state index < -0.39 is 11.9 Å². The van der Waals surface area contributed by atoms with Gasteiger partial charge >= 0.3 is 0 Å². The zero-order valence-corrected chi connectivity index (χ0v) is 9.23. The Hall–Kier alpha value is -0.940. The summed E-state index contributed by atoms with van der Waals surface area (Å²) in [5.41, 5.74) is 5.27. The summed E-state index contributed by atoms with van der Waals surface area (Å²) in [6, 6.07) is -0.722. The molecule has 0 bridgehead atoms. The predicted molar refractivity (Wildman–Crippen MR) is 55.3 cm³/mol. The van der Waals surface area contributed by atoms with E-state index in [2.05, 4.69) is 0 Å². The number of carbonyl (C=O) groups is 2. The number of amides is 1. The first-order valence-corrected chi connectivity index (χ1v) is 5.23. The Morgan fingerprint density at radius 1 is 1.60 bits per heavy atom. The van der Waals surface area contributed by atoms with Crippen LogP contribution in [0.25, 0.3) is 0 Å². The lowest BCUT2D eigenvalue weighted by Gasteiger charge is -2.37. The fourth-order valence-corrected chi connectivity index (χ4v) is 1.81. The highest BCUT2D eigenvalue weighted by atomic mass is 16.5. The molecule has 2 unspecified atom stereocenters. The zero-order chi connectivity index (χ0) is 11.4. The third-order valence-electron chi connectivity index (χ3n) is 2.81. The molecule has 0 spiro atoms. The van der Waals surface area contributed by atoms with Crippen LogP contribution in [0.2, 0.25) is 0 Å². The maximum absolute atomic E-state index is 11.5. The maximum atomic E-state index is 11.5. The van der Waals surface area contributed by atoms with Crippen LogP contribution in [0.4, 0.5) is 0 Å². The lowest BCUT2D eigenvalue weighted by atomic mass is 10.1. The van der Waals surface area contributed by atoms with Crippen LogP contribution >= 0.6 is 0 Å². The molecule has 0 saturated carbocycles. The van der Waals surface area contributed by atoms with Crippen LogP contribution < -0.4 is 5.73 Å². The minimum absolute atomic E-state index is 0.128. The van der Waals surface area contributed by atoms with Crippen LogP contribution in [0.1, 0.15) is 20.3 Å². The third-order valence-corrected chi connectivity index (χ3v) is 2.81. The lowest BCUT2D eigenvalue weighted by Crippen LogP contribution is -2.57. The molecule has 1 aliphatic heterocycles. The van der Waals surface area contributed by atoms with E-state index >= 15 is 0 Å². The molecule has 1 amide bonds. The standard InChI is InChI=1S/C10H18N2O3/c1-3-9(13)7(2)12-4-5-15-6-8(12)10(11)14/h7-8H,3-6H2,1-2H3,(H2,11,14). The van der Waals surface area contributed by atoms with Crippen molar-refractivity contribution >= 4 is 11.7 Å². The summed E-state index contributed by atoms with van der Waals surface area (Å²) >= 11 is 0. The fraction of sp³-hybridized carbons (Fsp3) is 0.800. The van der Waals surface area contributed by atoms with Crippen molar-refractivity contribution in [3.8, 4) is 0 Å². The molecule has 15 heavy (non-hydrogen) atoms. The molecular weight excluding hydrogens is 196 g/mol. The predicted octanol–water partition coefficient (Wildman–Crippen LogP) is -0.460. The summed E-state index contributed by atoms with van der Waals surface area (Å²) in [6.45, 7) is 5.05.